The van der Waals surface area contributed by atoms with Crippen LogP contribution in [-0.4, -0.2) is 56.9 Å². The number of carboxylic acids is 2. The highest BCUT2D eigenvalue weighted by atomic mass is 16.5. The molecule has 512 valence electrons. The molecule has 98 heavy (non-hydrogen) atoms. The summed E-state index contributed by atoms with van der Waals surface area (Å²) >= 11 is 0. The van der Waals surface area contributed by atoms with E-state index >= 15 is 0 Å². The van der Waals surface area contributed by atoms with E-state index in [1.54, 1.807) is 24.3 Å². The first-order valence-electron chi connectivity index (χ1n) is 35.0. The van der Waals surface area contributed by atoms with E-state index in [-0.39, 0.29) is 56.4 Å². The van der Waals surface area contributed by atoms with Crippen molar-refractivity contribution in [1.82, 2.24) is 0 Å². The van der Waals surface area contributed by atoms with Crippen molar-refractivity contribution in [3.05, 3.63) is 199 Å². The van der Waals surface area contributed by atoms with Crippen LogP contribution in [0.2, 0.25) is 0 Å². The monoisotopic (exact) mass is 1310 g/mol. The molecular formula is C88H102N2O8. The first kappa shape index (κ1) is 70.6. The normalized spacial score (nSPS) is 17.0. The molecule has 10 nitrogen and oxygen atoms in total. The Balaban J connectivity index is 1.01. The van der Waals surface area contributed by atoms with E-state index < -0.39 is 33.6 Å². The van der Waals surface area contributed by atoms with E-state index in [1.807, 2.05) is 48.8 Å². The quantitative estimate of drug-likeness (QED) is 0.0986. The zero-order valence-electron chi connectivity index (χ0n) is 62.0. The molecule has 0 aromatic heterocycles. The molecule has 11 rings (SSSR count). The summed E-state index contributed by atoms with van der Waals surface area (Å²) in [7, 11) is 0. The number of phenolic OH excluding ortho intramolecular Hbond substituents is 2. The lowest BCUT2D eigenvalue weighted by atomic mass is 9.70. The summed E-state index contributed by atoms with van der Waals surface area (Å²) in [6.45, 7) is 48.5. The zero-order chi connectivity index (χ0) is 71.7. The number of aliphatic imine (C=N–C) groups is 2. The summed E-state index contributed by atoms with van der Waals surface area (Å²) in [5, 5.41) is 44.9. The van der Waals surface area contributed by atoms with Gasteiger partial charge in [0.05, 0.1) is 23.2 Å². The van der Waals surface area contributed by atoms with Crippen molar-refractivity contribution in [2.24, 2.45) is 9.98 Å². The Labute approximate surface area is 582 Å². The van der Waals surface area contributed by atoms with E-state index in [0.29, 0.717) is 11.1 Å². The fraction of sp³-hybridized carbons (Fsp3) is 0.409. The van der Waals surface area contributed by atoms with Crippen LogP contribution in [-0.2, 0) is 43.3 Å². The third-order valence-electron chi connectivity index (χ3n) is 20.8. The summed E-state index contributed by atoms with van der Waals surface area (Å²) in [5.74, 6) is 1.28. The van der Waals surface area contributed by atoms with Crippen molar-refractivity contribution < 1.29 is 39.5 Å². The van der Waals surface area contributed by atoms with Crippen molar-refractivity contribution in [3.8, 4) is 79.0 Å². The molecule has 2 aliphatic heterocycles. The number of benzene rings is 8. The molecule has 8 aromatic rings. The molecule has 3 aliphatic rings. The molecule has 4 N–H and O–H groups in total. The number of hydrogen-bond donors (Lipinski definition) is 4. The minimum absolute atomic E-state index is 0.167. The van der Waals surface area contributed by atoms with Crippen molar-refractivity contribution in [2.75, 3.05) is 0 Å². The van der Waals surface area contributed by atoms with Crippen molar-refractivity contribution >= 4 is 24.4 Å². The number of nitrogens with zero attached hydrogens (tertiary/aromatic N) is 2. The maximum Gasteiger partial charge on any atom is 0.335 e. The van der Waals surface area contributed by atoms with E-state index in [1.165, 1.54) is 0 Å². The molecule has 0 spiro atoms. The van der Waals surface area contributed by atoms with Crippen LogP contribution < -0.4 is 9.47 Å². The van der Waals surface area contributed by atoms with Gasteiger partial charge in [-0.05, 0) is 163 Å². The smallest absolute Gasteiger partial charge is 0.335 e. The molecule has 0 amide bonds. The fourth-order valence-electron chi connectivity index (χ4n) is 14.2. The second kappa shape index (κ2) is 24.6. The van der Waals surface area contributed by atoms with Crippen molar-refractivity contribution in [2.45, 2.75) is 233 Å². The van der Waals surface area contributed by atoms with Crippen LogP contribution in [0.1, 0.15) is 265 Å². The van der Waals surface area contributed by atoms with Gasteiger partial charge in [0.15, 0.2) is 0 Å². The van der Waals surface area contributed by atoms with Crippen LogP contribution >= 0.6 is 0 Å². The van der Waals surface area contributed by atoms with Gasteiger partial charge in [-0.1, -0.05) is 214 Å². The van der Waals surface area contributed by atoms with Crippen LogP contribution in [0.15, 0.2) is 131 Å². The van der Waals surface area contributed by atoms with Crippen LogP contribution in [0.25, 0.3) is 44.5 Å². The van der Waals surface area contributed by atoms with Gasteiger partial charge in [0, 0.05) is 90.0 Å². The van der Waals surface area contributed by atoms with Gasteiger partial charge in [-0.2, -0.15) is 0 Å². The summed E-state index contributed by atoms with van der Waals surface area (Å²) in [5.41, 5.74) is 16.0. The Morgan fingerprint density at radius 2 is 0.653 bits per heavy atom. The maximum absolute atomic E-state index is 12.5. The molecule has 8 aromatic carbocycles. The number of carboxylic acid groups (broad SMARTS) is 2. The van der Waals surface area contributed by atoms with Gasteiger partial charge in [0.1, 0.15) is 34.5 Å². The molecule has 10 heteroatoms. The topological polar surface area (TPSA) is 158 Å². The number of phenols is 2. The van der Waals surface area contributed by atoms with Crippen LogP contribution in [0.5, 0.6) is 34.5 Å². The molecule has 0 unspecified atom stereocenters. The Morgan fingerprint density at radius 1 is 0.388 bits per heavy atom. The molecule has 1 aliphatic carbocycles. The van der Waals surface area contributed by atoms with E-state index in [9.17, 15) is 30.0 Å². The molecule has 1 saturated carbocycles. The Bertz CT molecular complexity index is 4280. The zero-order valence-corrected chi connectivity index (χ0v) is 62.0. The lowest BCUT2D eigenvalue weighted by molar-refractivity contribution is 0.0686. The number of aromatic hydroxyl groups is 2. The molecule has 1 fully saturated rings. The molecule has 0 saturated heterocycles. The van der Waals surface area contributed by atoms with Crippen molar-refractivity contribution in [3.63, 3.8) is 0 Å². The lowest BCUT2D eigenvalue weighted by Gasteiger charge is -2.39. The van der Waals surface area contributed by atoms with Crippen LogP contribution in [0.3, 0.4) is 0 Å². The maximum atomic E-state index is 12.5. The lowest BCUT2D eigenvalue weighted by Crippen LogP contribution is -2.28. The Kier molecular flexibility index (Phi) is 17.7. The number of fused-ring (bicyclic) bond motifs is 4. The van der Waals surface area contributed by atoms with Gasteiger partial charge < -0.3 is 29.9 Å². The first-order chi connectivity index (χ1) is 45.3. The van der Waals surface area contributed by atoms with E-state index in [4.69, 9.17) is 19.5 Å². The second-order valence-electron chi connectivity index (χ2n) is 35.2. The van der Waals surface area contributed by atoms with Crippen LogP contribution in [0, 0.1) is 0 Å². The van der Waals surface area contributed by atoms with Gasteiger partial charge in [-0.25, -0.2) is 9.59 Å². The van der Waals surface area contributed by atoms with Crippen LogP contribution in [0.4, 0.5) is 0 Å². The predicted molar refractivity (Wildman–Crippen MR) is 403 cm³/mol. The number of hydrogen-bond acceptors (Lipinski definition) is 8. The SMILES string of the molecule is CC(C)(C)c1cc(-c2ccc(C(=O)O)cc2)c2c(c1)C(C)(C)c1cc(C(C)(C)C)cc(-c3cc(C=N[C@@H]4CCCC[C@H]4N=Cc4cc(-c5cc(C(C)(C)C)cc6c5Oc5c(-c7ccc(C(=O)O)cc7)cc(C(C)(C)C)cc5C6(C)C)cc(C(C)(C)C)c4O)c(O)c(C(C)(C)C)c3)c1O2. The minimum atomic E-state index is -0.982. The van der Waals surface area contributed by atoms with Gasteiger partial charge in [-0.3, -0.25) is 9.98 Å². The summed E-state index contributed by atoms with van der Waals surface area (Å²) in [4.78, 5) is 35.0. The molecule has 0 radical (unpaired) electrons. The average molecular weight is 1320 g/mol. The first-order valence-corrected chi connectivity index (χ1v) is 35.0. The standard InChI is InChI=1S/C88H102N2O8/c1-81(2,3)57-39-61(49-27-31-51(32-28-49)79(93)94)75-67(43-57)87(19,20)69-45-59(83(7,8)9)41-63(77(69)97-75)53-35-55(73(91)65(37-53)85(13,14)15)47-89-71-25-23-24-26-72(71)90-48-56-36-54(38-66(74(56)92)86(16,17)18)64-42-60(84(10,11)12)46-70-78(64)98-76-62(50-29-33-52(34-30-50)80(95)96)40-58(82(4,5)6)44-68(76)88(70,21)22/h27-48,71-72,91-92H,23-26H2,1-22H3,(H,93,94)(H,95,96)/t71-,72-/m1/s1. The fourth-order valence-corrected chi connectivity index (χ4v) is 14.2. The van der Waals surface area contributed by atoms with Gasteiger partial charge >= 0.3 is 11.9 Å². The molecule has 2 heterocycles. The largest absolute Gasteiger partial charge is 0.507 e. The summed E-state index contributed by atoms with van der Waals surface area (Å²) in [6.07, 6.45) is 7.20. The average Bonchev–Trinajstić information content (AvgIpc) is 0.720. The van der Waals surface area contributed by atoms with Gasteiger partial charge in [0.25, 0.3) is 0 Å². The minimum Gasteiger partial charge on any atom is -0.507 e. The van der Waals surface area contributed by atoms with E-state index in [0.717, 1.165) is 149 Å². The Hall–Kier alpha value is -8.76. The highest BCUT2D eigenvalue weighted by molar-refractivity contribution is 5.93. The third-order valence-corrected chi connectivity index (χ3v) is 20.8. The van der Waals surface area contributed by atoms with Gasteiger partial charge in [0.2, 0.25) is 0 Å². The number of aromatic carboxylic acids is 2. The summed E-state index contributed by atoms with van der Waals surface area (Å²) < 4.78 is 14.9. The van der Waals surface area contributed by atoms with Gasteiger partial charge in [-0.15, -0.1) is 0 Å². The predicted octanol–water partition coefficient (Wildman–Crippen LogP) is 22.7. The molecule has 2 atom stereocenters. The third kappa shape index (κ3) is 13.4. The molecular weight excluding hydrogens is 1210 g/mol. The number of rotatable bonds is 10. The number of ether oxygens (including phenoxy) is 2. The molecule has 0 bridgehead atoms. The van der Waals surface area contributed by atoms with E-state index in [2.05, 4.69) is 213 Å². The highest BCUT2D eigenvalue weighted by Gasteiger charge is 2.43. The summed E-state index contributed by atoms with van der Waals surface area (Å²) in [6, 6.07) is 40.0. The van der Waals surface area contributed by atoms with Crippen molar-refractivity contribution in [1.29, 1.82) is 0 Å². The second-order valence-corrected chi connectivity index (χ2v) is 35.2. The highest BCUT2D eigenvalue weighted by Crippen LogP contribution is 2.59. The number of carbonyl (C=O) groups is 2. The Morgan fingerprint density at radius 3 is 0.898 bits per heavy atom.